The molecule has 2 fully saturated rings. The largest absolute Gasteiger partial charge is 0.191 e. The van der Waals surface area contributed by atoms with Gasteiger partial charge in [-0.15, -0.1) is 0 Å². The summed E-state index contributed by atoms with van der Waals surface area (Å²) in [5.41, 5.74) is 0. The van der Waals surface area contributed by atoms with Gasteiger partial charge in [0.05, 0.1) is 0 Å². The third-order valence-electron chi connectivity index (χ3n) is 5.06. The molecule has 2 saturated heterocycles. The monoisotopic (exact) mass is 292 g/mol. The van der Waals surface area contributed by atoms with Crippen molar-refractivity contribution in [3.63, 3.8) is 0 Å². The van der Waals surface area contributed by atoms with Crippen LogP contribution in [0.25, 0.3) is 0 Å². The van der Waals surface area contributed by atoms with Crippen molar-refractivity contribution in [3.8, 4) is 0 Å². The lowest BCUT2D eigenvalue weighted by molar-refractivity contribution is 0.447. The zero-order valence-electron chi connectivity index (χ0n) is 10.6. The van der Waals surface area contributed by atoms with Gasteiger partial charge in [0.2, 0.25) is 0 Å². The predicted octanol–water partition coefficient (Wildman–Crippen LogP) is 5.37. The Labute approximate surface area is 114 Å². The Kier molecular flexibility index (Phi) is 3.80. The highest BCUT2D eigenvalue weighted by Crippen LogP contribution is 2.50. The maximum atomic E-state index is 3.93. The van der Waals surface area contributed by atoms with E-state index in [9.17, 15) is 0 Å². The van der Waals surface area contributed by atoms with Crippen LogP contribution in [0, 0.1) is 5.92 Å². The summed E-state index contributed by atoms with van der Waals surface area (Å²) in [4.78, 5) is 0. The van der Waals surface area contributed by atoms with Gasteiger partial charge in [-0.2, -0.15) is 0 Å². The van der Waals surface area contributed by atoms with Crippen LogP contribution in [-0.2, 0) is 0 Å². The van der Waals surface area contributed by atoms with Crippen molar-refractivity contribution in [2.75, 3.05) is 0 Å². The molecule has 3 rings (SSSR count). The minimum absolute atomic E-state index is 0.715. The van der Waals surface area contributed by atoms with Crippen LogP contribution in [-0.4, -0.2) is 6.71 Å². The minimum Gasteiger partial charge on any atom is -0.0879 e. The Morgan fingerprint density at radius 1 is 1.06 bits per heavy atom. The Bertz CT molecular complexity index is 312. The second kappa shape index (κ2) is 5.34. The fourth-order valence-corrected chi connectivity index (χ4v) is 5.32. The van der Waals surface area contributed by atoms with Crippen LogP contribution in [0.15, 0.2) is 22.6 Å². The molecule has 17 heavy (non-hydrogen) atoms. The van der Waals surface area contributed by atoms with Gasteiger partial charge in [0.1, 0.15) is 0 Å². The first-order valence-corrected chi connectivity index (χ1v) is 8.18. The highest BCUT2D eigenvalue weighted by Gasteiger charge is 2.40. The molecule has 0 saturated carbocycles. The summed E-state index contributed by atoms with van der Waals surface area (Å²) in [5, 5.41) is 0. The number of hydrogen-bond acceptors (Lipinski definition) is 0. The smallest absolute Gasteiger partial charge is 0.0879 e. The molecule has 92 valence electrons. The Morgan fingerprint density at radius 2 is 1.71 bits per heavy atom. The van der Waals surface area contributed by atoms with E-state index in [1.54, 1.807) is 4.38 Å². The van der Waals surface area contributed by atoms with Gasteiger partial charge in [-0.25, -0.2) is 0 Å². The van der Waals surface area contributed by atoms with Crippen molar-refractivity contribution in [2.24, 2.45) is 5.92 Å². The van der Waals surface area contributed by atoms with Crippen molar-refractivity contribution < 1.29 is 0 Å². The first kappa shape index (κ1) is 12.1. The van der Waals surface area contributed by atoms with Crippen molar-refractivity contribution in [3.05, 3.63) is 22.6 Å². The first-order chi connectivity index (χ1) is 8.34. The van der Waals surface area contributed by atoms with Crippen molar-refractivity contribution >= 4 is 22.6 Å². The van der Waals surface area contributed by atoms with Gasteiger partial charge >= 0.3 is 0 Å². The maximum Gasteiger partial charge on any atom is 0.191 e. The van der Waals surface area contributed by atoms with Gasteiger partial charge in [0.25, 0.3) is 0 Å². The molecule has 0 radical (unpaired) electrons. The second-order valence-electron chi connectivity index (χ2n) is 6.13. The van der Waals surface area contributed by atoms with Gasteiger partial charge in [-0.05, 0) is 23.1 Å². The summed E-state index contributed by atoms with van der Waals surface area (Å²) in [6.07, 6.45) is 18.7. The highest BCUT2D eigenvalue weighted by molar-refractivity contribution is 9.12. The standard InChI is InChI=1S/C15H22BBr/c17-15(11-12-5-1-2-6-12)16-13-7-3-8-14(16)10-4-9-13/h1,5,11-14H,2-4,6-10H2/b15-11-. The fourth-order valence-electron chi connectivity index (χ4n) is 4.24. The molecular formula is C15H22BBr. The number of hydrogen-bond donors (Lipinski definition) is 0. The molecule has 1 unspecified atom stereocenters. The van der Waals surface area contributed by atoms with Crippen LogP contribution in [0.2, 0.25) is 11.6 Å². The van der Waals surface area contributed by atoms with E-state index in [0.717, 1.165) is 18.3 Å². The number of fused-ring (bicyclic) bond motifs is 2. The second-order valence-corrected chi connectivity index (χ2v) is 7.04. The first-order valence-electron chi connectivity index (χ1n) is 7.38. The summed E-state index contributed by atoms with van der Waals surface area (Å²) in [6, 6.07) is 0. The van der Waals surface area contributed by atoms with E-state index in [1.165, 1.54) is 51.4 Å². The summed E-state index contributed by atoms with van der Waals surface area (Å²) in [5.74, 6) is 2.68. The molecule has 1 aliphatic carbocycles. The molecule has 0 aromatic carbocycles. The summed E-state index contributed by atoms with van der Waals surface area (Å²) in [6.45, 7) is 0.867. The molecule has 2 heterocycles. The molecule has 2 bridgehead atoms. The summed E-state index contributed by atoms with van der Waals surface area (Å²) in [7, 11) is 0. The van der Waals surface area contributed by atoms with Crippen molar-refractivity contribution in [1.82, 2.24) is 0 Å². The van der Waals surface area contributed by atoms with Gasteiger partial charge in [0, 0.05) is 0 Å². The normalized spacial score (nSPS) is 37.6. The molecule has 0 N–H and O–H groups in total. The SMILES string of the molecule is Br/C(=C\C1C=CCC1)B1C2CCCC1CCC2. The van der Waals surface area contributed by atoms with Crippen LogP contribution < -0.4 is 0 Å². The van der Waals surface area contributed by atoms with Crippen LogP contribution in [0.1, 0.15) is 51.4 Å². The van der Waals surface area contributed by atoms with E-state index in [-0.39, 0.29) is 0 Å². The van der Waals surface area contributed by atoms with Gasteiger partial charge in [0.15, 0.2) is 6.71 Å². The molecule has 2 aliphatic heterocycles. The fraction of sp³-hybridized carbons (Fsp3) is 0.733. The van der Waals surface area contributed by atoms with Gasteiger partial charge in [-0.1, -0.05) is 84.3 Å². The number of allylic oxidation sites excluding steroid dienone is 3. The average Bonchev–Trinajstić information content (AvgIpc) is 2.80. The quantitative estimate of drug-likeness (QED) is 0.474. The minimum atomic E-state index is 0.715. The molecule has 3 aliphatic rings. The molecule has 0 aromatic rings. The van der Waals surface area contributed by atoms with Gasteiger partial charge < -0.3 is 0 Å². The Hall–Kier alpha value is 0.0249. The van der Waals surface area contributed by atoms with Crippen molar-refractivity contribution in [1.29, 1.82) is 0 Å². The Morgan fingerprint density at radius 3 is 2.24 bits per heavy atom. The maximum absolute atomic E-state index is 3.93. The van der Waals surface area contributed by atoms with E-state index < -0.39 is 0 Å². The highest BCUT2D eigenvalue weighted by atomic mass is 79.9. The van der Waals surface area contributed by atoms with Crippen LogP contribution in [0.4, 0.5) is 0 Å². The summed E-state index contributed by atoms with van der Waals surface area (Å²) < 4.78 is 1.54. The van der Waals surface area contributed by atoms with Crippen molar-refractivity contribution in [2.45, 2.75) is 63.0 Å². The van der Waals surface area contributed by atoms with Gasteiger partial charge in [-0.3, -0.25) is 0 Å². The topological polar surface area (TPSA) is 0 Å². The predicted molar refractivity (Wildman–Crippen MR) is 79.8 cm³/mol. The lowest BCUT2D eigenvalue weighted by atomic mass is 9.27. The summed E-state index contributed by atoms with van der Waals surface area (Å²) >= 11 is 3.93. The van der Waals surface area contributed by atoms with Crippen LogP contribution in [0.5, 0.6) is 0 Å². The molecule has 0 nitrogen and oxygen atoms in total. The third kappa shape index (κ3) is 2.57. The van der Waals surface area contributed by atoms with E-state index >= 15 is 0 Å². The zero-order chi connectivity index (χ0) is 11.7. The van der Waals surface area contributed by atoms with E-state index in [1.807, 2.05) is 0 Å². The average molecular weight is 293 g/mol. The lowest BCUT2D eigenvalue weighted by Gasteiger charge is -2.40. The molecule has 1 atom stereocenters. The molecule has 0 aromatic heterocycles. The number of rotatable bonds is 2. The molecule has 0 spiro atoms. The van der Waals surface area contributed by atoms with E-state index in [2.05, 4.69) is 34.2 Å². The van der Waals surface area contributed by atoms with E-state index in [0.29, 0.717) is 5.92 Å². The lowest BCUT2D eigenvalue weighted by Crippen LogP contribution is -2.35. The molecule has 2 heteroatoms. The van der Waals surface area contributed by atoms with Crippen LogP contribution >= 0.6 is 15.9 Å². The zero-order valence-corrected chi connectivity index (χ0v) is 12.2. The number of halogens is 1. The van der Waals surface area contributed by atoms with Crippen LogP contribution in [0.3, 0.4) is 0 Å². The molecular weight excluding hydrogens is 271 g/mol. The Balaban J connectivity index is 1.75. The third-order valence-corrected chi connectivity index (χ3v) is 5.85. The van der Waals surface area contributed by atoms with E-state index in [4.69, 9.17) is 0 Å². The molecule has 0 amide bonds.